The number of alkyl carbamates (subject to hydrolysis) is 1. The van der Waals surface area contributed by atoms with Crippen molar-refractivity contribution in [2.45, 2.75) is 12.7 Å². The van der Waals surface area contributed by atoms with E-state index in [0.29, 0.717) is 10.6 Å². The van der Waals surface area contributed by atoms with E-state index in [1.165, 1.54) is 19.2 Å². The minimum absolute atomic E-state index is 0.0224. The van der Waals surface area contributed by atoms with Gasteiger partial charge in [-0.25, -0.2) is 9.59 Å². The quantitative estimate of drug-likeness (QED) is 0.583. The number of rotatable bonds is 9. The van der Waals surface area contributed by atoms with Crippen LogP contribution in [0, 0.1) is 0 Å². The fourth-order valence-electron chi connectivity index (χ4n) is 2.52. The van der Waals surface area contributed by atoms with Crippen LogP contribution in [0.25, 0.3) is 0 Å². The average Bonchev–Trinajstić information content (AvgIpc) is 2.66. The number of nitrogens with one attached hydrogen (secondary N) is 1. The number of hydrogen-bond acceptors (Lipinski definition) is 5. The Labute approximate surface area is 170 Å². The Kier molecular flexibility index (Phi) is 8.17. The second-order valence-corrected chi connectivity index (χ2v) is 6.14. The summed E-state index contributed by atoms with van der Waals surface area (Å²) in [6.07, 6.45) is -1.50. The largest absolute Gasteiger partial charge is 0.478 e. The molecule has 0 aliphatic heterocycles. The maximum Gasteiger partial charge on any atom is 0.406 e. The Morgan fingerprint density at radius 2 is 1.93 bits per heavy atom. The van der Waals surface area contributed by atoms with Gasteiger partial charge in [-0.05, 0) is 41.5 Å². The van der Waals surface area contributed by atoms with Gasteiger partial charge in [0.2, 0.25) is 0 Å². The summed E-state index contributed by atoms with van der Waals surface area (Å²) in [6.45, 7) is -3.00. The third kappa shape index (κ3) is 6.88. The Morgan fingerprint density at radius 1 is 1.17 bits per heavy atom. The molecule has 0 spiro atoms. The molecule has 7 nitrogen and oxygen atoms in total. The molecule has 156 valence electrons. The van der Waals surface area contributed by atoms with Crippen LogP contribution in [0.1, 0.15) is 27.6 Å². The van der Waals surface area contributed by atoms with E-state index in [1.54, 1.807) is 24.3 Å². The highest BCUT2D eigenvalue weighted by Crippen LogP contribution is 2.31. The molecule has 1 amide bonds. The second kappa shape index (κ2) is 10.6. The standard InChI is InChI=1S/C19H18ClF2NO6/c1-27-19(26)23-5-6-28-16(11-3-2-4-14(20)8-11)12-7-13(17(24)25)10-15(9-12)29-18(21)22/h2-4,7-10,16,18H,5-6H2,1H3,(H,23,26)(H,24,25)/t16-/m0/s1. The molecule has 2 aromatic carbocycles. The summed E-state index contributed by atoms with van der Waals surface area (Å²) in [5.41, 5.74) is 0.573. The number of hydrogen-bond donors (Lipinski definition) is 2. The van der Waals surface area contributed by atoms with Crippen LogP contribution < -0.4 is 10.1 Å². The van der Waals surface area contributed by atoms with Gasteiger partial charge in [-0.3, -0.25) is 0 Å². The maximum atomic E-state index is 12.6. The molecule has 1 atom stereocenters. The Morgan fingerprint density at radius 3 is 2.55 bits per heavy atom. The van der Waals surface area contributed by atoms with Gasteiger partial charge < -0.3 is 24.6 Å². The highest BCUT2D eigenvalue weighted by Gasteiger charge is 2.20. The molecule has 0 aromatic heterocycles. The highest BCUT2D eigenvalue weighted by atomic mass is 35.5. The second-order valence-electron chi connectivity index (χ2n) is 5.70. The molecular formula is C19H18ClF2NO6. The molecule has 2 N–H and O–H groups in total. The molecule has 10 heteroatoms. The summed E-state index contributed by atoms with van der Waals surface area (Å²) < 4.78 is 39.9. The number of carbonyl (C=O) groups excluding carboxylic acids is 1. The summed E-state index contributed by atoms with van der Waals surface area (Å²) in [7, 11) is 1.22. The first kappa shape index (κ1) is 22.4. The number of ether oxygens (including phenoxy) is 3. The normalized spacial score (nSPS) is 11.8. The van der Waals surface area contributed by atoms with Crippen LogP contribution in [0.15, 0.2) is 42.5 Å². The predicted octanol–water partition coefficient (Wildman–Crippen LogP) is 4.10. The van der Waals surface area contributed by atoms with Crippen molar-refractivity contribution in [3.05, 3.63) is 64.2 Å². The number of carboxylic acids is 1. The summed E-state index contributed by atoms with van der Waals surface area (Å²) in [4.78, 5) is 22.6. The molecule has 0 bridgehead atoms. The van der Waals surface area contributed by atoms with Crippen molar-refractivity contribution < 1.29 is 37.7 Å². The summed E-state index contributed by atoms with van der Waals surface area (Å²) in [6, 6.07) is 10.1. The van der Waals surface area contributed by atoms with Gasteiger partial charge in [0.25, 0.3) is 0 Å². The van der Waals surface area contributed by atoms with E-state index in [1.807, 2.05) is 0 Å². The predicted molar refractivity (Wildman–Crippen MR) is 99.7 cm³/mol. The van der Waals surface area contributed by atoms with Gasteiger partial charge in [0.15, 0.2) is 0 Å². The molecule has 2 rings (SSSR count). The number of carbonyl (C=O) groups is 2. The summed E-state index contributed by atoms with van der Waals surface area (Å²) >= 11 is 6.03. The fourth-order valence-corrected chi connectivity index (χ4v) is 2.72. The number of benzene rings is 2. The SMILES string of the molecule is COC(=O)NCCO[C@@H](c1cccc(Cl)c1)c1cc(OC(F)F)cc(C(=O)O)c1. The van der Waals surface area contributed by atoms with E-state index in [9.17, 15) is 23.5 Å². The molecule has 0 saturated heterocycles. The minimum Gasteiger partial charge on any atom is -0.478 e. The first-order valence-corrected chi connectivity index (χ1v) is 8.70. The topological polar surface area (TPSA) is 94.1 Å². The molecule has 0 saturated carbocycles. The van der Waals surface area contributed by atoms with E-state index >= 15 is 0 Å². The van der Waals surface area contributed by atoms with E-state index in [0.717, 1.165) is 6.07 Å². The highest BCUT2D eigenvalue weighted by molar-refractivity contribution is 6.30. The zero-order valence-electron chi connectivity index (χ0n) is 15.2. The van der Waals surface area contributed by atoms with E-state index in [-0.39, 0.29) is 30.0 Å². The first-order valence-electron chi connectivity index (χ1n) is 8.32. The molecule has 0 radical (unpaired) electrons. The Bertz CT molecular complexity index is 864. The maximum absolute atomic E-state index is 12.6. The number of methoxy groups -OCH3 is 1. The van der Waals surface area contributed by atoms with Gasteiger partial charge in [-0.15, -0.1) is 0 Å². The van der Waals surface area contributed by atoms with Crippen LogP contribution in [0.3, 0.4) is 0 Å². The Hall–Kier alpha value is -2.91. The Balaban J connectivity index is 2.37. The number of aromatic carboxylic acids is 1. The molecule has 0 aliphatic rings. The molecule has 0 fully saturated rings. The lowest BCUT2D eigenvalue weighted by Gasteiger charge is -2.21. The summed E-state index contributed by atoms with van der Waals surface area (Å²) in [5.74, 6) is -1.64. The van der Waals surface area contributed by atoms with Crippen molar-refractivity contribution in [2.24, 2.45) is 0 Å². The summed E-state index contributed by atoms with van der Waals surface area (Å²) in [5, 5.41) is 12.1. The third-order valence-corrected chi connectivity index (χ3v) is 3.93. The lowest BCUT2D eigenvalue weighted by Crippen LogP contribution is -2.27. The molecule has 29 heavy (non-hydrogen) atoms. The van der Waals surface area contributed by atoms with Crippen molar-refractivity contribution >= 4 is 23.7 Å². The fraction of sp³-hybridized carbons (Fsp3) is 0.263. The van der Waals surface area contributed by atoms with Gasteiger partial charge in [0, 0.05) is 11.6 Å². The van der Waals surface area contributed by atoms with E-state index in [2.05, 4.69) is 14.8 Å². The van der Waals surface area contributed by atoms with Gasteiger partial charge in [-0.1, -0.05) is 23.7 Å². The van der Waals surface area contributed by atoms with Gasteiger partial charge in [0.1, 0.15) is 11.9 Å². The zero-order chi connectivity index (χ0) is 21.4. The lowest BCUT2D eigenvalue weighted by molar-refractivity contribution is -0.0500. The molecule has 0 aliphatic carbocycles. The van der Waals surface area contributed by atoms with Crippen LogP contribution in [0.5, 0.6) is 5.75 Å². The first-order chi connectivity index (χ1) is 13.8. The van der Waals surface area contributed by atoms with Crippen LogP contribution in [-0.2, 0) is 9.47 Å². The van der Waals surface area contributed by atoms with Crippen LogP contribution >= 0.6 is 11.6 Å². The van der Waals surface area contributed by atoms with Gasteiger partial charge in [0.05, 0.1) is 19.3 Å². The van der Waals surface area contributed by atoms with Gasteiger partial charge >= 0.3 is 18.7 Å². The average molecular weight is 430 g/mol. The number of halogens is 3. The van der Waals surface area contributed by atoms with Crippen LogP contribution in [0.2, 0.25) is 5.02 Å². The van der Waals surface area contributed by atoms with Crippen molar-refractivity contribution in [1.29, 1.82) is 0 Å². The van der Waals surface area contributed by atoms with E-state index in [4.69, 9.17) is 16.3 Å². The monoisotopic (exact) mass is 429 g/mol. The molecular weight excluding hydrogens is 412 g/mol. The zero-order valence-corrected chi connectivity index (χ0v) is 16.0. The molecule has 0 unspecified atom stereocenters. The third-order valence-electron chi connectivity index (χ3n) is 3.70. The lowest BCUT2D eigenvalue weighted by atomic mass is 9.99. The molecule has 2 aromatic rings. The van der Waals surface area contributed by atoms with Gasteiger partial charge in [-0.2, -0.15) is 8.78 Å². The minimum atomic E-state index is -3.12. The van der Waals surface area contributed by atoms with Crippen LogP contribution in [-0.4, -0.2) is 44.0 Å². The smallest absolute Gasteiger partial charge is 0.406 e. The number of alkyl halides is 2. The molecule has 0 heterocycles. The number of carboxylic acid groups (broad SMARTS) is 1. The van der Waals surface area contributed by atoms with Crippen molar-refractivity contribution in [2.75, 3.05) is 20.3 Å². The van der Waals surface area contributed by atoms with Crippen molar-refractivity contribution in [1.82, 2.24) is 5.32 Å². The van der Waals surface area contributed by atoms with E-state index < -0.39 is 24.8 Å². The van der Waals surface area contributed by atoms with Crippen molar-refractivity contribution in [3.8, 4) is 5.75 Å². The number of amides is 1. The van der Waals surface area contributed by atoms with Crippen molar-refractivity contribution in [3.63, 3.8) is 0 Å². The van der Waals surface area contributed by atoms with Crippen LogP contribution in [0.4, 0.5) is 13.6 Å².